The number of carbonyl (C=O) groups is 1. The first kappa shape index (κ1) is 11.9. The van der Waals surface area contributed by atoms with Gasteiger partial charge in [0.05, 0.1) is 0 Å². The lowest BCUT2D eigenvalue weighted by Crippen LogP contribution is -2.08. The van der Waals surface area contributed by atoms with Crippen LogP contribution in [0.15, 0.2) is 24.3 Å². The van der Waals surface area contributed by atoms with E-state index in [4.69, 9.17) is 0 Å². The Morgan fingerprint density at radius 3 is 2.47 bits per heavy atom. The largest absolute Gasteiger partial charge is 0.320 e. The zero-order valence-corrected chi connectivity index (χ0v) is 9.55. The second kappa shape index (κ2) is 6.36. The average Bonchev–Trinajstić information content (AvgIpc) is 2.25. The summed E-state index contributed by atoms with van der Waals surface area (Å²) in [5, 5.41) is 3.08. The summed E-state index contributed by atoms with van der Waals surface area (Å²) in [5.74, 6) is 0.256. The highest BCUT2D eigenvalue weighted by molar-refractivity contribution is 5.96. The molecule has 15 heavy (non-hydrogen) atoms. The molecule has 82 valence electrons. The summed E-state index contributed by atoms with van der Waals surface area (Å²) in [5.41, 5.74) is 2.03. The Balaban J connectivity index is 2.37. The van der Waals surface area contributed by atoms with E-state index in [0.29, 0.717) is 6.42 Å². The van der Waals surface area contributed by atoms with E-state index in [1.54, 1.807) is 0 Å². The van der Waals surface area contributed by atoms with Crippen molar-refractivity contribution in [1.29, 1.82) is 0 Å². The molecule has 0 atom stereocenters. The number of ketones is 1. The maximum absolute atomic E-state index is 11.7. The van der Waals surface area contributed by atoms with Crippen LogP contribution in [0.2, 0.25) is 0 Å². The minimum Gasteiger partial charge on any atom is -0.320 e. The highest BCUT2D eigenvalue weighted by Crippen LogP contribution is 2.08. The Kier molecular flexibility index (Phi) is 5.05. The fourth-order valence-electron chi connectivity index (χ4n) is 1.47. The van der Waals surface area contributed by atoms with Crippen molar-refractivity contribution in [3.63, 3.8) is 0 Å². The molecule has 0 bridgehead atoms. The summed E-state index contributed by atoms with van der Waals surface area (Å²) < 4.78 is 0. The fraction of sp³-hybridized carbons (Fsp3) is 0.462. The molecule has 1 aromatic rings. The van der Waals surface area contributed by atoms with Gasteiger partial charge in [-0.3, -0.25) is 4.79 Å². The van der Waals surface area contributed by atoms with Gasteiger partial charge in [-0.05, 0) is 33.4 Å². The summed E-state index contributed by atoms with van der Waals surface area (Å²) in [6.45, 7) is 3.02. The molecule has 2 nitrogen and oxygen atoms in total. The van der Waals surface area contributed by atoms with Gasteiger partial charge in [0.1, 0.15) is 0 Å². The van der Waals surface area contributed by atoms with Gasteiger partial charge in [-0.1, -0.05) is 29.8 Å². The summed E-state index contributed by atoms with van der Waals surface area (Å²) in [6.07, 6.45) is 2.69. The van der Waals surface area contributed by atoms with Crippen molar-refractivity contribution in [3.05, 3.63) is 35.4 Å². The predicted octanol–water partition coefficient (Wildman–Crippen LogP) is 2.57. The summed E-state index contributed by atoms with van der Waals surface area (Å²) >= 11 is 0. The zero-order valence-electron chi connectivity index (χ0n) is 9.55. The van der Waals surface area contributed by atoms with Gasteiger partial charge in [0.2, 0.25) is 0 Å². The molecule has 0 aliphatic rings. The molecular formula is C13H19NO. The van der Waals surface area contributed by atoms with Crippen LogP contribution in [0.1, 0.15) is 35.2 Å². The molecule has 1 aromatic carbocycles. The van der Waals surface area contributed by atoms with Crippen LogP contribution in [-0.4, -0.2) is 19.4 Å². The van der Waals surface area contributed by atoms with Gasteiger partial charge in [-0.25, -0.2) is 0 Å². The Bertz CT molecular complexity index is 303. The molecule has 1 N–H and O–H groups in total. The number of Topliss-reactive ketones (excluding diaryl/α,β-unsaturated/α-hetero) is 1. The van der Waals surface area contributed by atoms with E-state index in [2.05, 4.69) is 5.32 Å². The third-order valence-electron chi connectivity index (χ3n) is 2.45. The Morgan fingerprint density at radius 2 is 1.87 bits per heavy atom. The number of hydrogen-bond donors (Lipinski definition) is 1. The van der Waals surface area contributed by atoms with Gasteiger partial charge < -0.3 is 5.32 Å². The van der Waals surface area contributed by atoms with Gasteiger partial charge in [0, 0.05) is 12.0 Å². The highest BCUT2D eigenvalue weighted by atomic mass is 16.1. The average molecular weight is 205 g/mol. The van der Waals surface area contributed by atoms with Crippen LogP contribution < -0.4 is 5.32 Å². The summed E-state index contributed by atoms with van der Waals surface area (Å²) in [6, 6.07) is 7.80. The van der Waals surface area contributed by atoms with Crippen molar-refractivity contribution in [3.8, 4) is 0 Å². The smallest absolute Gasteiger partial charge is 0.162 e. The lowest BCUT2D eigenvalue weighted by molar-refractivity contribution is 0.0979. The van der Waals surface area contributed by atoms with E-state index in [1.807, 2.05) is 38.2 Å². The third-order valence-corrected chi connectivity index (χ3v) is 2.45. The highest BCUT2D eigenvalue weighted by Gasteiger charge is 2.04. The van der Waals surface area contributed by atoms with Crippen LogP contribution in [0.5, 0.6) is 0 Å². The third kappa shape index (κ3) is 4.26. The Morgan fingerprint density at radius 1 is 1.20 bits per heavy atom. The van der Waals surface area contributed by atoms with Crippen molar-refractivity contribution in [2.45, 2.75) is 26.2 Å². The molecule has 0 aromatic heterocycles. The maximum atomic E-state index is 11.7. The molecule has 0 radical (unpaired) electrons. The summed E-state index contributed by atoms with van der Waals surface area (Å²) in [4.78, 5) is 11.7. The molecule has 0 saturated carbocycles. The Labute approximate surface area is 91.7 Å². The van der Waals surface area contributed by atoms with Gasteiger partial charge in [0.15, 0.2) is 5.78 Å². The summed E-state index contributed by atoms with van der Waals surface area (Å²) in [7, 11) is 1.93. The van der Waals surface area contributed by atoms with E-state index in [1.165, 1.54) is 5.56 Å². The quantitative estimate of drug-likeness (QED) is 0.571. The number of aryl methyl sites for hydroxylation is 1. The van der Waals surface area contributed by atoms with Crippen LogP contribution in [0.25, 0.3) is 0 Å². The van der Waals surface area contributed by atoms with Gasteiger partial charge in [0.25, 0.3) is 0 Å². The SMILES string of the molecule is CNCCCCC(=O)c1ccc(C)cc1. The molecule has 0 aliphatic heterocycles. The van der Waals surface area contributed by atoms with E-state index in [9.17, 15) is 4.79 Å². The van der Waals surface area contributed by atoms with Gasteiger partial charge in [-0.15, -0.1) is 0 Å². The van der Waals surface area contributed by atoms with Crippen LogP contribution in [0.4, 0.5) is 0 Å². The number of benzene rings is 1. The number of hydrogen-bond acceptors (Lipinski definition) is 2. The molecular weight excluding hydrogens is 186 g/mol. The fourth-order valence-corrected chi connectivity index (χ4v) is 1.47. The van der Waals surface area contributed by atoms with E-state index in [0.717, 1.165) is 24.9 Å². The predicted molar refractivity (Wildman–Crippen MR) is 63.3 cm³/mol. The standard InChI is InChI=1S/C13H19NO/c1-11-6-8-12(9-7-11)13(15)5-3-4-10-14-2/h6-9,14H,3-5,10H2,1-2H3. The van der Waals surface area contributed by atoms with Crippen molar-refractivity contribution < 1.29 is 4.79 Å². The topological polar surface area (TPSA) is 29.1 Å². The molecule has 0 unspecified atom stereocenters. The van der Waals surface area contributed by atoms with Crippen molar-refractivity contribution in [1.82, 2.24) is 5.32 Å². The zero-order chi connectivity index (χ0) is 11.1. The Hall–Kier alpha value is -1.15. The molecule has 0 saturated heterocycles. The van der Waals surface area contributed by atoms with Crippen LogP contribution in [0, 0.1) is 6.92 Å². The van der Waals surface area contributed by atoms with Crippen molar-refractivity contribution >= 4 is 5.78 Å². The normalized spacial score (nSPS) is 10.3. The number of rotatable bonds is 6. The molecule has 2 heteroatoms. The van der Waals surface area contributed by atoms with Crippen LogP contribution in [-0.2, 0) is 0 Å². The number of nitrogens with one attached hydrogen (secondary N) is 1. The number of unbranched alkanes of at least 4 members (excludes halogenated alkanes) is 1. The lowest BCUT2D eigenvalue weighted by atomic mass is 10.0. The monoisotopic (exact) mass is 205 g/mol. The van der Waals surface area contributed by atoms with Gasteiger partial charge in [-0.2, -0.15) is 0 Å². The van der Waals surface area contributed by atoms with E-state index >= 15 is 0 Å². The number of carbonyl (C=O) groups excluding carboxylic acids is 1. The second-order valence-corrected chi connectivity index (χ2v) is 3.85. The first-order chi connectivity index (χ1) is 7.24. The molecule has 0 aliphatic carbocycles. The molecule has 0 fully saturated rings. The van der Waals surface area contributed by atoms with Crippen molar-refractivity contribution in [2.24, 2.45) is 0 Å². The van der Waals surface area contributed by atoms with Crippen LogP contribution >= 0.6 is 0 Å². The molecule has 0 amide bonds. The minimum atomic E-state index is 0.256. The molecule has 1 rings (SSSR count). The van der Waals surface area contributed by atoms with Crippen molar-refractivity contribution in [2.75, 3.05) is 13.6 Å². The minimum absolute atomic E-state index is 0.256. The molecule has 0 spiro atoms. The maximum Gasteiger partial charge on any atom is 0.162 e. The first-order valence-electron chi connectivity index (χ1n) is 5.48. The molecule has 0 heterocycles. The second-order valence-electron chi connectivity index (χ2n) is 3.85. The van der Waals surface area contributed by atoms with Crippen LogP contribution in [0.3, 0.4) is 0 Å². The first-order valence-corrected chi connectivity index (χ1v) is 5.48. The van der Waals surface area contributed by atoms with Gasteiger partial charge >= 0.3 is 0 Å². The van der Waals surface area contributed by atoms with E-state index < -0.39 is 0 Å². The lowest BCUT2D eigenvalue weighted by Gasteiger charge is -2.01. The van der Waals surface area contributed by atoms with E-state index in [-0.39, 0.29) is 5.78 Å².